The third kappa shape index (κ3) is 1.85. The molecule has 14 heavy (non-hydrogen) atoms. The minimum absolute atomic E-state index is 0.246. The highest BCUT2D eigenvalue weighted by molar-refractivity contribution is 5.46. The van der Waals surface area contributed by atoms with Crippen molar-refractivity contribution in [3.8, 4) is 6.07 Å². The summed E-state index contributed by atoms with van der Waals surface area (Å²) in [5.41, 5.74) is 3.03. The van der Waals surface area contributed by atoms with Crippen LogP contribution in [0.2, 0.25) is 0 Å². The number of allylic oxidation sites excluding steroid dienone is 1. The van der Waals surface area contributed by atoms with Gasteiger partial charge in [0, 0.05) is 5.92 Å². The van der Waals surface area contributed by atoms with Crippen LogP contribution < -0.4 is 0 Å². The molecule has 0 saturated carbocycles. The van der Waals surface area contributed by atoms with Crippen LogP contribution in [-0.2, 0) is 6.42 Å². The summed E-state index contributed by atoms with van der Waals surface area (Å²) < 4.78 is 0. The Morgan fingerprint density at radius 3 is 2.79 bits per heavy atom. The third-order valence-corrected chi connectivity index (χ3v) is 2.52. The molecule has 72 valence electrons. The first-order valence-corrected chi connectivity index (χ1v) is 4.89. The first-order valence-electron chi connectivity index (χ1n) is 4.89. The van der Waals surface area contributed by atoms with E-state index < -0.39 is 0 Å². The van der Waals surface area contributed by atoms with E-state index in [1.807, 2.05) is 24.3 Å². The molecule has 0 aliphatic heterocycles. The van der Waals surface area contributed by atoms with Gasteiger partial charge in [-0.15, -0.1) is 6.58 Å². The second-order valence-corrected chi connectivity index (χ2v) is 3.37. The summed E-state index contributed by atoms with van der Waals surface area (Å²) in [5.74, 6) is 0.246. The van der Waals surface area contributed by atoms with Gasteiger partial charge < -0.3 is 0 Å². The molecule has 0 aliphatic carbocycles. The minimum Gasteiger partial charge on any atom is -0.192 e. The number of hydrogen-bond donors (Lipinski definition) is 0. The molecule has 1 rings (SSSR count). The molecule has 0 saturated heterocycles. The zero-order valence-electron chi connectivity index (χ0n) is 8.75. The summed E-state index contributed by atoms with van der Waals surface area (Å²) in [6.07, 6.45) is 2.77. The summed E-state index contributed by atoms with van der Waals surface area (Å²) in [4.78, 5) is 0. The molecule has 1 nitrogen and oxygen atoms in total. The van der Waals surface area contributed by atoms with Gasteiger partial charge in [-0.25, -0.2) is 0 Å². The molecule has 1 aromatic carbocycles. The standard InChI is InChI=1S/C13H15N/c1-4-10(3)12-8-6-7-11(5-2)13(12)9-14/h4,6-8,10H,1,5H2,2-3H3. The molecule has 1 aromatic rings. The smallest absolute Gasteiger partial charge is 0.0997 e. The Balaban J connectivity index is 3.30. The maximum Gasteiger partial charge on any atom is 0.0997 e. The van der Waals surface area contributed by atoms with Gasteiger partial charge in [0.05, 0.1) is 11.6 Å². The van der Waals surface area contributed by atoms with Crippen molar-refractivity contribution in [2.45, 2.75) is 26.2 Å². The molecule has 1 unspecified atom stereocenters. The van der Waals surface area contributed by atoms with E-state index in [4.69, 9.17) is 5.26 Å². The monoisotopic (exact) mass is 185 g/mol. The lowest BCUT2D eigenvalue weighted by Crippen LogP contribution is -1.97. The molecule has 0 aromatic heterocycles. The highest BCUT2D eigenvalue weighted by Crippen LogP contribution is 2.23. The Morgan fingerprint density at radius 2 is 2.29 bits per heavy atom. The maximum atomic E-state index is 9.09. The molecule has 0 spiro atoms. The van der Waals surface area contributed by atoms with Crippen molar-refractivity contribution in [1.82, 2.24) is 0 Å². The van der Waals surface area contributed by atoms with Crippen LogP contribution in [0.5, 0.6) is 0 Å². The zero-order chi connectivity index (χ0) is 10.6. The van der Waals surface area contributed by atoms with Crippen LogP contribution >= 0.6 is 0 Å². The number of hydrogen-bond acceptors (Lipinski definition) is 1. The van der Waals surface area contributed by atoms with Gasteiger partial charge in [-0.05, 0) is 17.5 Å². The molecule has 0 N–H and O–H groups in total. The number of benzene rings is 1. The summed E-state index contributed by atoms with van der Waals surface area (Å²) in [7, 11) is 0. The van der Waals surface area contributed by atoms with Crippen molar-refractivity contribution in [2.24, 2.45) is 0 Å². The molecule has 0 amide bonds. The van der Waals surface area contributed by atoms with E-state index in [1.165, 1.54) is 0 Å². The van der Waals surface area contributed by atoms with Crippen molar-refractivity contribution < 1.29 is 0 Å². The fourth-order valence-electron chi connectivity index (χ4n) is 1.56. The van der Waals surface area contributed by atoms with Gasteiger partial charge in [0.25, 0.3) is 0 Å². The van der Waals surface area contributed by atoms with Crippen molar-refractivity contribution in [1.29, 1.82) is 5.26 Å². The number of aryl methyl sites for hydroxylation is 1. The van der Waals surface area contributed by atoms with Gasteiger partial charge in [0.15, 0.2) is 0 Å². The number of nitriles is 1. The zero-order valence-corrected chi connectivity index (χ0v) is 8.75. The molecular weight excluding hydrogens is 170 g/mol. The maximum absolute atomic E-state index is 9.09. The summed E-state index contributed by atoms with van der Waals surface area (Å²) >= 11 is 0. The molecular formula is C13H15N. The molecule has 0 radical (unpaired) electrons. The van der Waals surface area contributed by atoms with Crippen molar-refractivity contribution >= 4 is 0 Å². The van der Waals surface area contributed by atoms with E-state index in [9.17, 15) is 0 Å². The lowest BCUT2D eigenvalue weighted by atomic mass is 9.92. The third-order valence-electron chi connectivity index (χ3n) is 2.52. The van der Waals surface area contributed by atoms with Crippen LogP contribution in [0.25, 0.3) is 0 Å². The molecule has 0 bridgehead atoms. The predicted octanol–water partition coefficient (Wildman–Crippen LogP) is 3.41. The quantitative estimate of drug-likeness (QED) is 0.662. The molecule has 0 fully saturated rings. The van der Waals surface area contributed by atoms with Crippen LogP contribution in [0.4, 0.5) is 0 Å². The SMILES string of the molecule is C=CC(C)c1cccc(CC)c1C#N. The number of rotatable bonds is 3. The average Bonchev–Trinajstić information content (AvgIpc) is 2.26. The van der Waals surface area contributed by atoms with Gasteiger partial charge in [-0.3, -0.25) is 0 Å². The average molecular weight is 185 g/mol. The summed E-state index contributed by atoms with van der Waals surface area (Å²) in [6, 6.07) is 8.31. The van der Waals surface area contributed by atoms with E-state index >= 15 is 0 Å². The Morgan fingerprint density at radius 1 is 1.57 bits per heavy atom. The van der Waals surface area contributed by atoms with Crippen LogP contribution in [0.15, 0.2) is 30.9 Å². The van der Waals surface area contributed by atoms with E-state index in [0.717, 1.165) is 23.1 Å². The predicted molar refractivity (Wildman–Crippen MR) is 59.1 cm³/mol. The Labute approximate surface area is 85.7 Å². The van der Waals surface area contributed by atoms with E-state index in [-0.39, 0.29) is 5.92 Å². The lowest BCUT2D eigenvalue weighted by Gasteiger charge is -2.11. The van der Waals surface area contributed by atoms with Gasteiger partial charge >= 0.3 is 0 Å². The fourth-order valence-corrected chi connectivity index (χ4v) is 1.56. The van der Waals surface area contributed by atoms with Crippen molar-refractivity contribution in [3.63, 3.8) is 0 Å². The largest absolute Gasteiger partial charge is 0.192 e. The molecule has 0 aliphatic rings. The van der Waals surface area contributed by atoms with Gasteiger partial charge in [0.1, 0.15) is 0 Å². The Hall–Kier alpha value is -1.55. The fraction of sp³-hybridized carbons (Fsp3) is 0.308. The topological polar surface area (TPSA) is 23.8 Å². The van der Waals surface area contributed by atoms with Gasteiger partial charge in [-0.1, -0.05) is 38.1 Å². The second kappa shape index (κ2) is 4.62. The van der Waals surface area contributed by atoms with E-state index in [0.29, 0.717) is 0 Å². The highest BCUT2D eigenvalue weighted by Gasteiger charge is 2.09. The second-order valence-electron chi connectivity index (χ2n) is 3.37. The van der Waals surface area contributed by atoms with Gasteiger partial charge in [-0.2, -0.15) is 5.26 Å². The summed E-state index contributed by atoms with van der Waals surface area (Å²) in [5, 5.41) is 9.09. The van der Waals surface area contributed by atoms with E-state index in [1.54, 1.807) is 0 Å². The van der Waals surface area contributed by atoms with E-state index in [2.05, 4.69) is 26.5 Å². The van der Waals surface area contributed by atoms with Crippen LogP contribution in [0.3, 0.4) is 0 Å². The molecule has 1 heteroatoms. The van der Waals surface area contributed by atoms with Crippen molar-refractivity contribution in [2.75, 3.05) is 0 Å². The highest BCUT2D eigenvalue weighted by atomic mass is 14.3. The minimum atomic E-state index is 0.246. The van der Waals surface area contributed by atoms with Gasteiger partial charge in [0.2, 0.25) is 0 Å². The Kier molecular flexibility index (Phi) is 3.48. The first-order chi connectivity index (χ1) is 6.74. The Bertz CT molecular complexity index is 371. The molecule has 0 heterocycles. The molecule has 1 atom stereocenters. The lowest BCUT2D eigenvalue weighted by molar-refractivity contribution is 0.953. The van der Waals surface area contributed by atoms with Crippen LogP contribution in [0.1, 0.15) is 36.5 Å². The number of nitrogens with zero attached hydrogens (tertiary/aromatic N) is 1. The summed E-state index contributed by atoms with van der Waals surface area (Å²) in [6.45, 7) is 7.88. The first kappa shape index (κ1) is 10.5. The van der Waals surface area contributed by atoms with Crippen LogP contribution in [-0.4, -0.2) is 0 Å². The van der Waals surface area contributed by atoms with Crippen LogP contribution in [0, 0.1) is 11.3 Å². The normalized spacial score (nSPS) is 11.8. The van der Waals surface area contributed by atoms with Crippen molar-refractivity contribution in [3.05, 3.63) is 47.5 Å².